The summed E-state index contributed by atoms with van der Waals surface area (Å²) in [5, 5.41) is 6.33. The van der Waals surface area contributed by atoms with Gasteiger partial charge in [-0.25, -0.2) is 4.39 Å². The van der Waals surface area contributed by atoms with Gasteiger partial charge in [0.15, 0.2) is 5.96 Å². The zero-order chi connectivity index (χ0) is 14.4. The molecule has 1 aromatic carbocycles. The molecule has 106 valence electrons. The first-order valence-electron chi connectivity index (χ1n) is 6.37. The molecule has 0 unspecified atom stereocenters. The Balaban J connectivity index is 2.66. The molecule has 0 saturated heterocycles. The van der Waals surface area contributed by atoms with Crippen molar-refractivity contribution < 1.29 is 4.39 Å². The van der Waals surface area contributed by atoms with Crippen molar-refractivity contribution in [3.63, 3.8) is 0 Å². The van der Waals surface area contributed by atoms with Crippen molar-refractivity contribution in [2.24, 2.45) is 4.99 Å². The van der Waals surface area contributed by atoms with Crippen LogP contribution in [-0.4, -0.2) is 33.1 Å². The molecule has 0 amide bonds. The maximum Gasteiger partial charge on any atom is 0.191 e. The maximum atomic E-state index is 13.8. The lowest BCUT2D eigenvalue weighted by molar-refractivity contribution is 0.622. The molecular weight excluding hydrogens is 243 g/mol. The number of aliphatic imine (C=N–C) groups is 1. The van der Waals surface area contributed by atoms with Gasteiger partial charge >= 0.3 is 0 Å². The van der Waals surface area contributed by atoms with E-state index in [-0.39, 0.29) is 5.82 Å². The van der Waals surface area contributed by atoms with E-state index < -0.39 is 0 Å². The lowest BCUT2D eigenvalue weighted by atomic mass is 10.2. The van der Waals surface area contributed by atoms with E-state index in [9.17, 15) is 4.39 Å². The average Bonchev–Trinajstić information content (AvgIpc) is 2.33. The van der Waals surface area contributed by atoms with Gasteiger partial charge in [0, 0.05) is 33.7 Å². The molecule has 0 saturated carbocycles. The zero-order valence-electron chi connectivity index (χ0n) is 12.3. The zero-order valence-corrected chi connectivity index (χ0v) is 12.3. The smallest absolute Gasteiger partial charge is 0.191 e. The molecule has 0 bridgehead atoms. The van der Waals surface area contributed by atoms with Crippen LogP contribution >= 0.6 is 0 Å². The van der Waals surface area contributed by atoms with Crippen molar-refractivity contribution in [2.45, 2.75) is 26.4 Å². The van der Waals surface area contributed by atoms with Crippen molar-refractivity contribution in [3.8, 4) is 0 Å². The van der Waals surface area contributed by atoms with Crippen molar-refractivity contribution in [2.75, 3.05) is 26.0 Å². The molecule has 0 aromatic heterocycles. The van der Waals surface area contributed by atoms with E-state index >= 15 is 0 Å². The van der Waals surface area contributed by atoms with Crippen molar-refractivity contribution in [3.05, 3.63) is 29.6 Å². The number of hydrogen-bond acceptors (Lipinski definition) is 2. The summed E-state index contributed by atoms with van der Waals surface area (Å²) in [5.41, 5.74) is 1.48. The number of benzene rings is 1. The van der Waals surface area contributed by atoms with E-state index in [4.69, 9.17) is 0 Å². The van der Waals surface area contributed by atoms with Crippen LogP contribution in [0.4, 0.5) is 10.1 Å². The molecule has 0 heterocycles. The fourth-order valence-electron chi connectivity index (χ4n) is 1.68. The summed E-state index contributed by atoms with van der Waals surface area (Å²) in [4.78, 5) is 5.86. The Labute approximate surface area is 114 Å². The summed E-state index contributed by atoms with van der Waals surface area (Å²) < 4.78 is 13.8. The van der Waals surface area contributed by atoms with E-state index in [1.54, 1.807) is 24.1 Å². The van der Waals surface area contributed by atoms with Gasteiger partial charge in [-0.1, -0.05) is 6.07 Å². The molecule has 5 heteroatoms. The molecule has 0 aliphatic rings. The summed E-state index contributed by atoms with van der Waals surface area (Å²) in [6.45, 7) is 4.62. The standard InChI is InChI=1S/C14H23FN4/c1-10(2)18-14(16-3)17-9-11-6-7-13(19(4)5)12(15)8-11/h6-8,10H,9H2,1-5H3,(H2,16,17,18). The molecular formula is C14H23FN4. The predicted octanol–water partition coefficient (Wildman–Crippen LogP) is 1.97. The molecule has 0 atom stereocenters. The third-order valence-corrected chi connectivity index (χ3v) is 2.60. The Kier molecular flexibility index (Phi) is 5.60. The SMILES string of the molecule is CN=C(NCc1ccc(N(C)C)c(F)c1)NC(C)C. The van der Waals surface area contributed by atoms with Gasteiger partial charge < -0.3 is 15.5 Å². The van der Waals surface area contributed by atoms with Crippen LogP contribution in [0, 0.1) is 5.82 Å². The molecule has 0 aliphatic carbocycles. The second kappa shape index (κ2) is 6.97. The molecule has 1 rings (SSSR count). The quantitative estimate of drug-likeness (QED) is 0.646. The second-order valence-electron chi connectivity index (χ2n) is 4.90. The number of halogens is 1. The fourth-order valence-corrected chi connectivity index (χ4v) is 1.68. The topological polar surface area (TPSA) is 39.7 Å². The van der Waals surface area contributed by atoms with Gasteiger partial charge in [0.1, 0.15) is 5.82 Å². The van der Waals surface area contributed by atoms with E-state index in [2.05, 4.69) is 15.6 Å². The number of anilines is 1. The molecule has 0 fully saturated rings. The van der Waals surface area contributed by atoms with E-state index in [0.717, 1.165) is 5.56 Å². The number of hydrogen-bond donors (Lipinski definition) is 2. The van der Waals surface area contributed by atoms with Crippen molar-refractivity contribution in [1.82, 2.24) is 10.6 Å². The normalized spacial score (nSPS) is 11.6. The number of guanidine groups is 1. The first-order chi connectivity index (χ1) is 8.93. The highest BCUT2D eigenvalue weighted by atomic mass is 19.1. The Morgan fingerprint density at radius 1 is 1.37 bits per heavy atom. The molecule has 19 heavy (non-hydrogen) atoms. The van der Waals surface area contributed by atoms with Gasteiger partial charge in [0.25, 0.3) is 0 Å². The monoisotopic (exact) mass is 266 g/mol. The van der Waals surface area contributed by atoms with Crippen LogP contribution in [0.25, 0.3) is 0 Å². The third kappa shape index (κ3) is 4.77. The average molecular weight is 266 g/mol. The van der Waals surface area contributed by atoms with Crippen LogP contribution in [0.3, 0.4) is 0 Å². The Morgan fingerprint density at radius 3 is 2.53 bits per heavy atom. The molecule has 1 aromatic rings. The number of nitrogens with zero attached hydrogens (tertiary/aromatic N) is 2. The second-order valence-corrected chi connectivity index (χ2v) is 4.90. The van der Waals surface area contributed by atoms with E-state index in [1.165, 1.54) is 0 Å². The Morgan fingerprint density at radius 2 is 2.05 bits per heavy atom. The van der Waals surface area contributed by atoms with Gasteiger partial charge in [-0.3, -0.25) is 4.99 Å². The van der Waals surface area contributed by atoms with Gasteiger partial charge in [-0.15, -0.1) is 0 Å². The molecule has 0 aliphatic heterocycles. The van der Waals surface area contributed by atoms with Crippen LogP contribution in [0.15, 0.2) is 23.2 Å². The van der Waals surface area contributed by atoms with Gasteiger partial charge in [0.2, 0.25) is 0 Å². The minimum absolute atomic E-state index is 0.212. The molecule has 0 spiro atoms. The highest BCUT2D eigenvalue weighted by molar-refractivity contribution is 5.79. The van der Waals surface area contributed by atoms with Gasteiger partial charge in [-0.05, 0) is 31.5 Å². The summed E-state index contributed by atoms with van der Waals surface area (Å²) in [5.74, 6) is 0.503. The number of rotatable bonds is 4. The first kappa shape index (κ1) is 15.3. The van der Waals surface area contributed by atoms with Crippen molar-refractivity contribution >= 4 is 11.6 Å². The molecule has 2 N–H and O–H groups in total. The van der Waals surface area contributed by atoms with Crippen LogP contribution in [0.5, 0.6) is 0 Å². The van der Waals surface area contributed by atoms with Gasteiger partial charge in [0.05, 0.1) is 5.69 Å². The minimum Gasteiger partial charge on any atom is -0.375 e. The maximum absolute atomic E-state index is 13.8. The highest BCUT2D eigenvalue weighted by Crippen LogP contribution is 2.18. The van der Waals surface area contributed by atoms with Crippen LogP contribution < -0.4 is 15.5 Å². The third-order valence-electron chi connectivity index (χ3n) is 2.60. The van der Waals surface area contributed by atoms with Crippen LogP contribution in [0.1, 0.15) is 19.4 Å². The van der Waals surface area contributed by atoms with Gasteiger partial charge in [-0.2, -0.15) is 0 Å². The lowest BCUT2D eigenvalue weighted by Gasteiger charge is -2.16. The highest BCUT2D eigenvalue weighted by Gasteiger charge is 2.06. The predicted molar refractivity (Wildman–Crippen MR) is 79.2 cm³/mol. The summed E-state index contributed by atoms with van der Waals surface area (Å²) in [6, 6.07) is 5.54. The molecule has 0 radical (unpaired) electrons. The fraction of sp³-hybridized carbons (Fsp3) is 0.500. The minimum atomic E-state index is -0.212. The Hall–Kier alpha value is -1.78. The van der Waals surface area contributed by atoms with Crippen molar-refractivity contribution in [1.29, 1.82) is 0 Å². The summed E-state index contributed by atoms with van der Waals surface area (Å²) in [7, 11) is 5.36. The summed E-state index contributed by atoms with van der Waals surface area (Å²) in [6.07, 6.45) is 0. The first-order valence-corrected chi connectivity index (χ1v) is 6.37. The lowest BCUT2D eigenvalue weighted by Crippen LogP contribution is -2.40. The largest absolute Gasteiger partial charge is 0.375 e. The molecule has 4 nitrogen and oxygen atoms in total. The van der Waals surface area contributed by atoms with Crippen LogP contribution in [0.2, 0.25) is 0 Å². The summed E-state index contributed by atoms with van der Waals surface area (Å²) >= 11 is 0. The van der Waals surface area contributed by atoms with E-state index in [0.29, 0.717) is 24.2 Å². The number of nitrogens with one attached hydrogen (secondary N) is 2. The van der Waals surface area contributed by atoms with E-state index in [1.807, 2.05) is 34.0 Å². The Bertz CT molecular complexity index is 441. The van der Waals surface area contributed by atoms with Crippen LogP contribution in [-0.2, 0) is 6.54 Å².